The van der Waals surface area contributed by atoms with Gasteiger partial charge in [0, 0.05) is 0 Å². The van der Waals surface area contributed by atoms with Crippen molar-refractivity contribution >= 4 is 33.0 Å². The molecule has 0 aliphatic carbocycles. The van der Waals surface area contributed by atoms with Crippen LogP contribution in [-0.2, 0) is 10.0 Å². The van der Waals surface area contributed by atoms with Crippen LogP contribution >= 0.6 is 11.6 Å². The lowest BCUT2D eigenvalue weighted by Gasteiger charge is -2.12. The van der Waals surface area contributed by atoms with E-state index in [0.29, 0.717) is 5.56 Å². The van der Waals surface area contributed by atoms with Crippen LogP contribution in [0.4, 0.5) is 15.8 Å². The van der Waals surface area contributed by atoms with Gasteiger partial charge in [0.1, 0.15) is 5.82 Å². The van der Waals surface area contributed by atoms with Crippen LogP contribution in [-0.4, -0.2) is 8.42 Å². The summed E-state index contributed by atoms with van der Waals surface area (Å²) in [5.74, 6) is -0.657. The van der Waals surface area contributed by atoms with Gasteiger partial charge < -0.3 is 5.73 Å². The second-order valence-corrected chi connectivity index (χ2v) is 6.28. The average molecular weight is 315 g/mol. The lowest BCUT2D eigenvalue weighted by atomic mass is 10.2. The molecule has 4 nitrogen and oxygen atoms in total. The van der Waals surface area contributed by atoms with Crippen LogP contribution in [0.5, 0.6) is 0 Å². The van der Waals surface area contributed by atoms with Crippen LogP contribution in [0.2, 0.25) is 5.02 Å². The summed E-state index contributed by atoms with van der Waals surface area (Å²) < 4.78 is 40.2. The molecular weight excluding hydrogens is 303 g/mol. The molecule has 7 heteroatoms. The molecule has 0 spiro atoms. The zero-order valence-electron chi connectivity index (χ0n) is 10.5. The Morgan fingerprint density at radius 3 is 2.55 bits per heavy atom. The van der Waals surface area contributed by atoms with Gasteiger partial charge in [-0.1, -0.05) is 23.7 Å². The fraction of sp³-hybridized carbons (Fsp3) is 0.0769. The summed E-state index contributed by atoms with van der Waals surface area (Å²) in [4.78, 5) is -0.0392. The summed E-state index contributed by atoms with van der Waals surface area (Å²) in [6, 6.07) is 8.21. The highest BCUT2D eigenvalue weighted by Crippen LogP contribution is 2.28. The van der Waals surface area contributed by atoms with Gasteiger partial charge in [-0.2, -0.15) is 0 Å². The van der Waals surface area contributed by atoms with Crippen molar-refractivity contribution in [1.82, 2.24) is 0 Å². The molecule has 3 N–H and O–H groups in total. The number of benzene rings is 2. The van der Waals surface area contributed by atoms with Gasteiger partial charge in [0.2, 0.25) is 0 Å². The molecule has 2 rings (SSSR count). The van der Waals surface area contributed by atoms with Crippen molar-refractivity contribution in [3.8, 4) is 0 Å². The van der Waals surface area contributed by atoms with Crippen molar-refractivity contribution in [2.24, 2.45) is 0 Å². The summed E-state index contributed by atoms with van der Waals surface area (Å²) in [6.07, 6.45) is 0. The molecule has 0 radical (unpaired) electrons. The van der Waals surface area contributed by atoms with Crippen molar-refractivity contribution in [2.75, 3.05) is 10.5 Å². The van der Waals surface area contributed by atoms with E-state index in [1.807, 2.05) is 0 Å². The topological polar surface area (TPSA) is 72.2 Å². The van der Waals surface area contributed by atoms with Crippen LogP contribution < -0.4 is 10.5 Å². The van der Waals surface area contributed by atoms with Gasteiger partial charge >= 0.3 is 0 Å². The molecule has 0 saturated carbocycles. The lowest BCUT2D eigenvalue weighted by molar-refractivity contribution is 0.598. The molecule has 0 aromatic heterocycles. The normalized spacial score (nSPS) is 11.3. The Hall–Kier alpha value is -1.79. The number of aryl methyl sites for hydroxylation is 1. The Morgan fingerprint density at radius 2 is 1.90 bits per heavy atom. The summed E-state index contributed by atoms with van der Waals surface area (Å²) >= 11 is 5.82. The van der Waals surface area contributed by atoms with E-state index < -0.39 is 15.8 Å². The van der Waals surface area contributed by atoms with E-state index >= 15 is 0 Å². The van der Waals surface area contributed by atoms with Crippen molar-refractivity contribution in [3.63, 3.8) is 0 Å². The third-order valence-electron chi connectivity index (χ3n) is 2.70. The number of hydrogen-bond donors (Lipinski definition) is 2. The maximum Gasteiger partial charge on any atom is 0.262 e. The van der Waals surface area contributed by atoms with Crippen LogP contribution in [0.3, 0.4) is 0 Å². The minimum atomic E-state index is -3.93. The number of rotatable bonds is 3. The number of nitrogen functional groups attached to an aromatic ring is 1. The summed E-state index contributed by atoms with van der Waals surface area (Å²) in [7, 11) is -3.93. The first-order valence-electron chi connectivity index (χ1n) is 5.64. The van der Waals surface area contributed by atoms with Gasteiger partial charge in [-0.05, 0) is 36.8 Å². The molecule has 20 heavy (non-hydrogen) atoms. The quantitative estimate of drug-likeness (QED) is 0.855. The lowest BCUT2D eigenvalue weighted by Crippen LogP contribution is -2.15. The number of hydrogen-bond acceptors (Lipinski definition) is 3. The van der Waals surface area contributed by atoms with E-state index in [0.717, 1.165) is 0 Å². The molecule has 0 bridgehead atoms. The molecule has 0 heterocycles. The van der Waals surface area contributed by atoms with Crippen molar-refractivity contribution in [3.05, 3.63) is 52.8 Å². The zero-order chi connectivity index (χ0) is 14.9. The predicted molar refractivity (Wildman–Crippen MR) is 77.8 cm³/mol. The second kappa shape index (κ2) is 5.30. The molecule has 0 atom stereocenters. The Balaban J connectivity index is 2.47. The van der Waals surface area contributed by atoms with Gasteiger partial charge in [-0.3, -0.25) is 4.72 Å². The SMILES string of the molecule is Cc1cc(Cl)c(N)cc1S(=O)(=O)Nc1ccccc1F. The number of para-hydroxylation sites is 1. The zero-order valence-corrected chi connectivity index (χ0v) is 12.1. The molecule has 106 valence electrons. The van der Waals surface area contributed by atoms with Crippen molar-refractivity contribution < 1.29 is 12.8 Å². The fourth-order valence-corrected chi connectivity index (χ4v) is 3.25. The first-order chi connectivity index (χ1) is 9.31. The van der Waals surface area contributed by atoms with Crippen LogP contribution in [0.15, 0.2) is 41.3 Å². The second-order valence-electron chi connectivity index (χ2n) is 4.22. The maximum absolute atomic E-state index is 13.5. The molecule has 2 aromatic carbocycles. The third kappa shape index (κ3) is 2.86. The van der Waals surface area contributed by atoms with Crippen LogP contribution in [0.1, 0.15) is 5.56 Å². The molecular formula is C13H12ClFN2O2S. The standard InChI is InChI=1S/C13H12ClFN2O2S/c1-8-6-9(14)11(16)7-13(8)20(18,19)17-12-5-3-2-4-10(12)15/h2-7,17H,16H2,1H3. The van der Waals surface area contributed by atoms with Gasteiger partial charge in [-0.25, -0.2) is 12.8 Å². The first kappa shape index (κ1) is 14.6. The summed E-state index contributed by atoms with van der Waals surface area (Å²) in [5.41, 5.74) is 6.06. The number of nitrogens with two attached hydrogens (primary N) is 1. The molecule has 0 fully saturated rings. The maximum atomic E-state index is 13.5. The largest absolute Gasteiger partial charge is 0.397 e. The number of halogens is 2. The Bertz CT molecular complexity index is 763. The van der Waals surface area contributed by atoms with Crippen molar-refractivity contribution in [1.29, 1.82) is 0 Å². The van der Waals surface area contributed by atoms with E-state index in [2.05, 4.69) is 4.72 Å². The average Bonchev–Trinajstić information content (AvgIpc) is 2.36. The molecule has 2 aromatic rings. The predicted octanol–water partition coefficient (Wildman–Crippen LogP) is 3.17. The van der Waals surface area contributed by atoms with Gasteiger partial charge in [-0.15, -0.1) is 0 Å². The fourth-order valence-electron chi connectivity index (χ4n) is 1.70. The Morgan fingerprint density at radius 1 is 1.25 bits per heavy atom. The van der Waals surface area contributed by atoms with Gasteiger partial charge in [0.25, 0.3) is 10.0 Å². The monoisotopic (exact) mass is 314 g/mol. The highest BCUT2D eigenvalue weighted by molar-refractivity contribution is 7.92. The molecule has 0 amide bonds. The van der Waals surface area contributed by atoms with Crippen LogP contribution in [0, 0.1) is 12.7 Å². The molecule has 0 aliphatic heterocycles. The smallest absolute Gasteiger partial charge is 0.262 e. The minimum Gasteiger partial charge on any atom is -0.397 e. The summed E-state index contributed by atoms with van der Waals surface area (Å²) in [6.45, 7) is 1.58. The van der Waals surface area contributed by atoms with E-state index in [-0.39, 0.29) is 21.3 Å². The van der Waals surface area contributed by atoms with E-state index in [1.54, 1.807) is 6.92 Å². The minimum absolute atomic E-state index is 0.0392. The number of sulfonamides is 1. The van der Waals surface area contributed by atoms with Gasteiger partial charge in [0.05, 0.1) is 21.3 Å². The first-order valence-corrected chi connectivity index (χ1v) is 7.50. The highest BCUT2D eigenvalue weighted by atomic mass is 35.5. The molecule has 0 aliphatic rings. The Kier molecular flexibility index (Phi) is 3.87. The van der Waals surface area contributed by atoms with Crippen LogP contribution in [0.25, 0.3) is 0 Å². The molecule has 0 saturated heterocycles. The van der Waals surface area contributed by atoms with E-state index in [1.165, 1.54) is 36.4 Å². The highest BCUT2D eigenvalue weighted by Gasteiger charge is 2.19. The van der Waals surface area contributed by atoms with Crippen molar-refractivity contribution in [2.45, 2.75) is 11.8 Å². The summed E-state index contributed by atoms with van der Waals surface area (Å²) in [5, 5.41) is 0.271. The van der Waals surface area contributed by atoms with Gasteiger partial charge in [0.15, 0.2) is 0 Å². The number of anilines is 2. The third-order valence-corrected chi connectivity index (χ3v) is 4.54. The van der Waals surface area contributed by atoms with E-state index in [9.17, 15) is 12.8 Å². The Labute approximate surface area is 121 Å². The number of nitrogens with one attached hydrogen (secondary N) is 1. The molecule has 0 unspecified atom stereocenters. The van der Waals surface area contributed by atoms with E-state index in [4.69, 9.17) is 17.3 Å².